The van der Waals surface area contributed by atoms with Crippen LogP contribution in [0.2, 0.25) is 0 Å². The van der Waals surface area contributed by atoms with E-state index in [-0.39, 0.29) is 41.8 Å². The van der Waals surface area contributed by atoms with Crippen molar-refractivity contribution in [3.05, 3.63) is 80.9 Å². The highest BCUT2D eigenvalue weighted by atomic mass is 16.6. The number of carbonyl (C=O) groups excluding carboxylic acids is 2. The van der Waals surface area contributed by atoms with E-state index in [1.807, 2.05) is 6.92 Å². The van der Waals surface area contributed by atoms with E-state index < -0.39 is 34.4 Å². The highest BCUT2D eigenvalue weighted by Crippen LogP contribution is 2.42. The van der Waals surface area contributed by atoms with Gasteiger partial charge in [0.25, 0.3) is 17.4 Å². The molecule has 31 heavy (non-hydrogen) atoms. The Morgan fingerprint density at radius 3 is 2.35 bits per heavy atom. The predicted octanol–water partition coefficient (Wildman–Crippen LogP) is 3.19. The lowest BCUT2D eigenvalue weighted by Crippen LogP contribution is -2.31. The number of aliphatic hydroxyl groups excluding tert-OH is 1. The average molecular weight is 424 g/mol. The minimum Gasteiger partial charge on any atom is -0.507 e. The number of aliphatic carboxylic acids is 1. The largest absolute Gasteiger partial charge is 0.507 e. The van der Waals surface area contributed by atoms with E-state index in [0.29, 0.717) is 0 Å². The molecular weight excluding hydrogens is 404 g/mol. The fourth-order valence-electron chi connectivity index (χ4n) is 3.59. The van der Waals surface area contributed by atoms with Crippen LogP contribution in [-0.4, -0.2) is 44.2 Å². The number of nitro benzene ring substituents is 1. The second-order valence-corrected chi connectivity index (χ2v) is 7.17. The molecule has 1 aliphatic rings. The van der Waals surface area contributed by atoms with Crippen LogP contribution in [0.3, 0.4) is 0 Å². The molecule has 1 unspecified atom stereocenters. The molecule has 9 heteroatoms. The van der Waals surface area contributed by atoms with Gasteiger partial charge in [0, 0.05) is 24.6 Å². The first-order chi connectivity index (χ1) is 14.7. The first kappa shape index (κ1) is 21.7. The van der Waals surface area contributed by atoms with Gasteiger partial charge in [-0.15, -0.1) is 0 Å². The number of Topliss-reactive ketones (excluding diaryl/α,β-unsaturated/α-hetero) is 1. The van der Waals surface area contributed by atoms with E-state index in [1.165, 1.54) is 24.3 Å². The van der Waals surface area contributed by atoms with Crippen molar-refractivity contribution in [3.8, 4) is 0 Å². The summed E-state index contributed by atoms with van der Waals surface area (Å²) >= 11 is 0. The Morgan fingerprint density at radius 2 is 1.74 bits per heavy atom. The number of nitrogens with zero attached hydrogens (tertiary/aromatic N) is 2. The Hall–Kier alpha value is -4.01. The summed E-state index contributed by atoms with van der Waals surface area (Å²) in [5, 5.41) is 31.4. The van der Waals surface area contributed by atoms with Gasteiger partial charge in [0.2, 0.25) is 0 Å². The number of carboxylic acids is 1. The minimum absolute atomic E-state index is 0.0457. The molecule has 3 rings (SSSR count). The van der Waals surface area contributed by atoms with Crippen LogP contribution in [-0.2, 0) is 14.4 Å². The third-order valence-corrected chi connectivity index (χ3v) is 5.08. The van der Waals surface area contributed by atoms with Crippen LogP contribution >= 0.6 is 0 Å². The van der Waals surface area contributed by atoms with Crippen molar-refractivity contribution in [1.29, 1.82) is 0 Å². The Bertz CT molecular complexity index is 1090. The van der Waals surface area contributed by atoms with Gasteiger partial charge < -0.3 is 15.1 Å². The number of para-hydroxylation sites is 1. The number of hydrogen-bond acceptors (Lipinski definition) is 6. The van der Waals surface area contributed by atoms with Crippen molar-refractivity contribution in [2.24, 2.45) is 0 Å². The van der Waals surface area contributed by atoms with Crippen LogP contribution in [0.4, 0.5) is 5.69 Å². The van der Waals surface area contributed by atoms with Crippen LogP contribution in [0.25, 0.3) is 5.76 Å². The Kier molecular flexibility index (Phi) is 6.15. The van der Waals surface area contributed by atoms with Gasteiger partial charge in [0.15, 0.2) is 0 Å². The number of nitro groups is 1. The zero-order valence-electron chi connectivity index (χ0n) is 16.6. The second kappa shape index (κ2) is 8.78. The van der Waals surface area contributed by atoms with Crippen LogP contribution in [0.1, 0.15) is 35.6 Å². The number of rotatable bonds is 7. The van der Waals surface area contributed by atoms with E-state index in [2.05, 4.69) is 0 Å². The second-order valence-electron chi connectivity index (χ2n) is 7.17. The molecule has 2 aromatic rings. The monoisotopic (exact) mass is 424 g/mol. The summed E-state index contributed by atoms with van der Waals surface area (Å²) in [6, 6.07) is 11.1. The number of benzene rings is 2. The summed E-state index contributed by atoms with van der Waals surface area (Å²) in [6.07, 6.45) is -0.200. The molecule has 1 saturated heterocycles. The molecule has 1 aliphatic heterocycles. The molecule has 1 amide bonds. The molecule has 0 bridgehead atoms. The normalized spacial score (nSPS) is 17.7. The lowest BCUT2D eigenvalue weighted by atomic mass is 9.94. The highest BCUT2D eigenvalue weighted by Gasteiger charge is 2.47. The van der Waals surface area contributed by atoms with Gasteiger partial charge in [0.1, 0.15) is 5.76 Å². The summed E-state index contributed by atoms with van der Waals surface area (Å²) in [4.78, 5) is 48.6. The smallest absolute Gasteiger partial charge is 0.303 e. The van der Waals surface area contributed by atoms with Crippen LogP contribution in [0.5, 0.6) is 0 Å². The number of aliphatic hydroxyl groups is 1. The highest BCUT2D eigenvalue weighted by molar-refractivity contribution is 6.46. The maximum absolute atomic E-state index is 12.9. The molecule has 2 aromatic carbocycles. The number of carboxylic acid groups (broad SMARTS) is 1. The fourth-order valence-corrected chi connectivity index (χ4v) is 3.59. The maximum Gasteiger partial charge on any atom is 0.303 e. The lowest BCUT2D eigenvalue weighted by Gasteiger charge is -2.25. The maximum atomic E-state index is 12.9. The molecule has 160 valence electrons. The summed E-state index contributed by atoms with van der Waals surface area (Å²) in [5.74, 6) is -3.43. The topological polar surface area (TPSA) is 138 Å². The number of amides is 1. The zero-order valence-corrected chi connectivity index (χ0v) is 16.6. The molecule has 0 radical (unpaired) electrons. The van der Waals surface area contributed by atoms with Crippen LogP contribution in [0, 0.1) is 17.0 Å². The minimum atomic E-state index is -1.21. The summed E-state index contributed by atoms with van der Waals surface area (Å²) < 4.78 is 0. The van der Waals surface area contributed by atoms with Crippen molar-refractivity contribution in [3.63, 3.8) is 0 Å². The van der Waals surface area contributed by atoms with Crippen molar-refractivity contribution < 1.29 is 29.5 Å². The van der Waals surface area contributed by atoms with Gasteiger partial charge in [-0.25, -0.2) is 0 Å². The van der Waals surface area contributed by atoms with Gasteiger partial charge in [-0.3, -0.25) is 24.5 Å². The van der Waals surface area contributed by atoms with E-state index in [1.54, 1.807) is 24.3 Å². The Morgan fingerprint density at radius 1 is 1.10 bits per heavy atom. The Labute approximate surface area is 177 Å². The van der Waals surface area contributed by atoms with Crippen molar-refractivity contribution in [2.45, 2.75) is 25.8 Å². The third-order valence-electron chi connectivity index (χ3n) is 5.08. The van der Waals surface area contributed by atoms with Crippen LogP contribution < -0.4 is 0 Å². The molecule has 0 aliphatic carbocycles. The first-order valence-electron chi connectivity index (χ1n) is 9.53. The van der Waals surface area contributed by atoms with Crippen LogP contribution in [0.15, 0.2) is 54.1 Å². The number of aryl methyl sites for hydroxylation is 1. The quantitative estimate of drug-likeness (QED) is 0.229. The van der Waals surface area contributed by atoms with Crippen molar-refractivity contribution in [1.82, 2.24) is 4.90 Å². The zero-order chi connectivity index (χ0) is 22.7. The molecule has 2 N–H and O–H groups in total. The lowest BCUT2D eigenvalue weighted by molar-refractivity contribution is -0.385. The molecule has 9 nitrogen and oxygen atoms in total. The molecular formula is C22H20N2O7. The molecule has 0 spiro atoms. The number of hydrogen-bond donors (Lipinski definition) is 2. The van der Waals surface area contributed by atoms with E-state index in [4.69, 9.17) is 5.11 Å². The molecule has 0 saturated carbocycles. The SMILES string of the molecule is Cc1ccc(/C(O)=C2/C(=O)C(=O)N(CCCC(=O)O)C2c2ccccc2[N+](=O)[O-])cc1. The molecule has 1 fully saturated rings. The summed E-state index contributed by atoms with van der Waals surface area (Å²) in [7, 11) is 0. The summed E-state index contributed by atoms with van der Waals surface area (Å²) in [5.41, 5.74) is 0.695. The molecule has 1 heterocycles. The number of carbonyl (C=O) groups is 3. The average Bonchev–Trinajstić information content (AvgIpc) is 2.98. The van der Waals surface area contributed by atoms with Gasteiger partial charge >= 0.3 is 5.97 Å². The van der Waals surface area contributed by atoms with Gasteiger partial charge in [-0.2, -0.15) is 0 Å². The third kappa shape index (κ3) is 4.30. The molecule has 1 atom stereocenters. The predicted molar refractivity (Wildman–Crippen MR) is 110 cm³/mol. The fraction of sp³-hybridized carbons (Fsp3) is 0.227. The standard InChI is InChI=1S/C22H20N2O7/c1-13-8-10-14(11-9-13)20(27)18-19(15-5-2-3-6-16(15)24(30)31)23(22(29)21(18)28)12-4-7-17(25)26/h2-3,5-6,8-11,19,27H,4,7,12H2,1H3,(H,25,26)/b20-18-. The van der Waals surface area contributed by atoms with E-state index >= 15 is 0 Å². The van der Waals surface area contributed by atoms with Gasteiger partial charge in [-0.05, 0) is 19.4 Å². The Balaban J connectivity index is 2.18. The molecule has 0 aromatic heterocycles. The van der Waals surface area contributed by atoms with Crippen molar-refractivity contribution in [2.75, 3.05) is 6.54 Å². The van der Waals surface area contributed by atoms with E-state index in [0.717, 1.165) is 10.5 Å². The summed E-state index contributed by atoms with van der Waals surface area (Å²) in [6.45, 7) is 1.73. The van der Waals surface area contributed by atoms with Gasteiger partial charge in [-0.1, -0.05) is 42.0 Å². The first-order valence-corrected chi connectivity index (χ1v) is 9.53. The van der Waals surface area contributed by atoms with Crippen molar-refractivity contribution >= 4 is 29.1 Å². The number of likely N-dealkylation sites (tertiary alicyclic amines) is 1. The van der Waals surface area contributed by atoms with E-state index in [9.17, 15) is 29.6 Å². The van der Waals surface area contributed by atoms with Gasteiger partial charge in [0.05, 0.1) is 22.1 Å². The number of ketones is 1.